The summed E-state index contributed by atoms with van der Waals surface area (Å²) in [6, 6.07) is 0. The molecule has 1 aliphatic carbocycles. The van der Waals surface area contributed by atoms with E-state index in [2.05, 4.69) is 26.1 Å². The Labute approximate surface area is 89.7 Å². The molecule has 1 aliphatic rings. The van der Waals surface area contributed by atoms with Crippen molar-refractivity contribution in [2.75, 3.05) is 13.6 Å². The van der Waals surface area contributed by atoms with Crippen molar-refractivity contribution in [3.8, 4) is 0 Å². The molecule has 1 heteroatoms. The summed E-state index contributed by atoms with van der Waals surface area (Å²) < 4.78 is 0. The Morgan fingerprint density at radius 3 is 2.43 bits per heavy atom. The van der Waals surface area contributed by atoms with Gasteiger partial charge in [0.15, 0.2) is 0 Å². The molecule has 1 fully saturated rings. The van der Waals surface area contributed by atoms with E-state index in [-0.39, 0.29) is 0 Å². The zero-order valence-electron chi connectivity index (χ0n) is 10.4. The van der Waals surface area contributed by atoms with Crippen LogP contribution in [0.25, 0.3) is 0 Å². The van der Waals surface area contributed by atoms with Crippen LogP contribution in [-0.2, 0) is 0 Å². The molecule has 0 saturated heterocycles. The van der Waals surface area contributed by atoms with Crippen LogP contribution in [0.15, 0.2) is 0 Å². The normalized spacial score (nSPS) is 28.3. The first kappa shape index (κ1) is 12.0. The number of hydrogen-bond acceptors (Lipinski definition) is 1. The minimum atomic E-state index is 0.539. The lowest BCUT2D eigenvalue weighted by Gasteiger charge is -2.27. The molecule has 2 unspecified atom stereocenters. The maximum Gasteiger partial charge on any atom is -0.00518 e. The minimum Gasteiger partial charge on any atom is -0.320 e. The van der Waals surface area contributed by atoms with Crippen molar-refractivity contribution in [3.63, 3.8) is 0 Å². The number of hydrogen-bond donors (Lipinski definition) is 1. The van der Waals surface area contributed by atoms with Crippen LogP contribution in [0.4, 0.5) is 0 Å². The quantitative estimate of drug-likeness (QED) is 0.681. The van der Waals surface area contributed by atoms with Gasteiger partial charge in [-0.25, -0.2) is 0 Å². The predicted molar refractivity (Wildman–Crippen MR) is 63.4 cm³/mol. The molecule has 0 radical (unpaired) electrons. The van der Waals surface area contributed by atoms with Gasteiger partial charge in [0.1, 0.15) is 0 Å². The van der Waals surface area contributed by atoms with Gasteiger partial charge in [-0.2, -0.15) is 0 Å². The third-order valence-electron chi connectivity index (χ3n) is 3.81. The monoisotopic (exact) mass is 197 g/mol. The molecule has 0 bridgehead atoms. The Balaban J connectivity index is 2.21. The number of nitrogens with one attached hydrogen (secondary N) is 1. The third-order valence-corrected chi connectivity index (χ3v) is 3.81. The molecule has 84 valence electrons. The molecule has 14 heavy (non-hydrogen) atoms. The molecule has 0 amide bonds. The van der Waals surface area contributed by atoms with E-state index in [9.17, 15) is 0 Å². The smallest absolute Gasteiger partial charge is 0.00518 e. The SMILES string of the molecule is CNCCCC1CCC(C(C)(C)C)C1. The van der Waals surface area contributed by atoms with E-state index < -0.39 is 0 Å². The van der Waals surface area contributed by atoms with Crippen LogP contribution in [0, 0.1) is 17.3 Å². The molecule has 0 aromatic heterocycles. The second-order valence-electron chi connectivity index (χ2n) is 5.99. The van der Waals surface area contributed by atoms with Gasteiger partial charge in [0, 0.05) is 0 Å². The van der Waals surface area contributed by atoms with Crippen LogP contribution < -0.4 is 5.32 Å². The maximum absolute atomic E-state index is 3.23. The van der Waals surface area contributed by atoms with Crippen LogP contribution in [0.1, 0.15) is 52.9 Å². The van der Waals surface area contributed by atoms with Gasteiger partial charge in [-0.3, -0.25) is 0 Å². The van der Waals surface area contributed by atoms with E-state index in [0.29, 0.717) is 5.41 Å². The van der Waals surface area contributed by atoms with Gasteiger partial charge >= 0.3 is 0 Å². The Morgan fingerprint density at radius 1 is 1.21 bits per heavy atom. The fraction of sp³-hybridized carbons (Fsp3) is 1.00. The summed E-state index contributed by atoms with van der Waals surface area (Å²) in [5.74, 6) is 2.00. The fourth-order valence-electron chi connectivity index (χ4n) is 2.69. The van der Waals surface area contributed by atoms with Crippen molar-refractivity contribution >= 4 is 0 Å². The van der Waals surface area contributed by atoms with E-state index in [1.165, 1.54) is 38.6 Å². The molecule has 0 heterocycles. The molecule has 1 nitrogen and oxygen atoms in total. The fourth-order valence-corrected chi connectivity index (χ4v) is 2.69. The maximum atomic E-state index is 3.23. The van der Waals surface area contributed by atoms with E-state index in [4.69, 9.17) is 0 Å². The molecule has 0 aromatic rings. The molecule has 1 N–H and O–H groups in total. The zero-order chi connectivity index (χ0) is 10.6. The van der Waals surface area contributed by atoms with Crippen LogP contribution in [0.5, 0.6) is 0 Å². The molecule has 0 spiro atoms. The van der Waals surface area contributed by atoms with E-state index in [1.807, 2.05) is 7.05 Å². The third kappa shape index (κ3) is 3.61. The van der Waals surface area contributed by atoms with Crippen molar-refractivity contribution in [3.05, 3.63) is 0 Å². The highest BCUT2D eigenvalue weighted by atomic mass is 14.8. The van der Waals surface area contributed by atoms with Crippen molar-refractivity contribution < 1.29 is 0 Å². The highest BCUT2D eigenvalue weighted by Crippen LogP contribution is 2.43. The molecular weight excluding hydrogens is 170 g/mol. The highest BCUT2D eigenvalue weighted by molar-refractivity contribution is 4.83. The summed E-state index contributed by atoms with van der Waals surface area (Å²) in [6.07, 6.45) is 7.22. The first-order valence-corrected chi connectivity index (χ1v) is 6.18. The highest BCUT2D eigenvalue weighted by Gasteiger charge is 2.32. The summed E-state index contributed by atoms with van der Waals surface area (Å²) in [4.78, 5) is 0. The van der Waals surface area contributed by atoms with Gasteiger partial charge in [0.05, 0.1) is 0 Å². The Kier molecular flexibility index (Phi) is 4.43. The first-order chi connectivity index (χ1) is 6.54. The van der Waals surface area contributed by atoms with Crippen molar-refractivity contribution in [1.82, 2.24) is 5.32 Å². The summed E-state index contributed by atoms with van der Waals surface area (Å²) in [5, 5.41) is 3.23. The van der Waals surface area contributed by atoms with Gasteiger partial charge in [-0.15, -0.1) is 0 Å². The van der Waals surface area contributed by atoms with E-state index >= 15 is 0 Å². The Bertz CT molecular complexity index is 157. The van der Waals surface area contributed by atoms with Crippen molar-refractivity contribution in [2.24, 2.45) is 17.3 Å². The summed E-state index contributed by atoms with van der Waals surface area (Å²) in [5.41, 5.74) is 0.539. The second kappa shape index (κ2) is 5.16. The van der Waals surface area contributed by atoms with Crippen molar-refractivity contribution in [1.29, 1.82) is 0 Å². The van der Waals surface area contributed by atoms with Gasteiger partial charge in [-0.05, 0) is 56.5 Å². The van der Waals surface area contributed by atoms with Gasteiger partial charge in [-0.1, -0.05) is 27.2 Å². The first-order valence-electron chi connectivity index (χ1n) is 6.18. The molecule has 0 aliphatic heterocycles. The predicted octanol–water partition coefficient (Wildman–Crippen LogP) is 3.45. The van der Waals surface area contributed by atoms with Gasteiger partial charge < -0.3 is 5.32 Å². The lowest BCUT2D eigenvalue weighted by atomic mass is 9.79. The van der Waals surface area contributed by atoms with Gasteiger partial charge in [0.2, 0.25) is 0 Å². The van der Waals surface area contributed by atoms with Crippen LogP contribution in [0.3, 0.4) is 0 Å². The Morgan fingerprint density at radius 2 is 1.93 bits per heavy atom. The number of rotatable bonds is 4. The summed E-state index contributed by atoms with van der Waals surface area (Å²) >= 11 is 0. The zero-order valence-corrected chi connectivity index (χ0v) is 10.4. The lowest BCUT2D eigenvalue weighted by Crippen LogP contribution is -2.17. The van der Waals surface area contributed by atoms with Crippen LogP contribution >= 0.6 is 0 Å². The van der Waals surface area contributed by atoms with Crippen LogP contribution in [-0.4, -0.2) is 13.6 Å². The lowest BCUT2D eigenvalue weighted by molar-refractivity contribution is 0.237. The average Bonchev–Trinajstić information content (AvgIpc) is 2.52. The minimum absolute atomic E-state index is 0.539. The van der Waals surface area contributed by atoms with Gasteiger partial charge in [0.25, 0.3) is 0 Å². The Hall–Kier alpha value is -0.0400. The van der Waals surface area contributed by atoms with E-state index in [1.54, 1.807) is 0 Å². The summed E-state index contributed by atoms with van der Waals surface area (Å²) in [7, 11) is 2.05. The largest absolute Gasteiger partial charge is 0.320 e. The second-order valence-corrected chi connectivity index (χ2v) is 5.99. The molecule has 1 rings (SSSR count). The average molecular weight is 197 g/mol. The molecule has 0 aromatic carbocycles. The topological polar surface area (TPSA) is 12.0 Å². The van der Waals surface area contributed by atoms with Crippen molar-refractivity contribution in [2.45, 2.75) is 52.9 Å². The standard InChI is InChI=1S/C13H27N/c1-13(2,3)12-8-7-11(10-12)6-5-9-14-4/h11-12,14H,5-10H2,1-4H3. The van der Waals surface area contributed by atoms with E-state index in [0.717, 1.165) is 11.8 Å². The molecule has 2 atom stereocenters. The summed E-state index contributed by atoms with van der Waals surface area (Å²) in [6.45, 7) is 8.38. The molecule has 1 saturated carbocycles. The van der Waals surface area contributed by atoms with Crippen LogP contribution in [0.2, 0.25) is 0 Å². The molecular formula is C13H27N.